The molecule has 0 aliphatic rings. The van der Waals surface area contributed by atoms with Gasteiger partial charge in [0.25, 0.3) is 0 Å². The first kappa shape index (κ1) is 23.5. The minimum Gasteiger partial charge on any atom is -0.313 e. The van der Waals surface area contributed by atoms with Gasteiger partial charge in [-0.25, -0.2) is 0 Å². The number of aryl methyl sites for hydroxylation is 2. The number of hydrogen-bond donors (Lipinski definition) is 0. The highest BCUT2D eigenvalue weighted by molar-refractivity contribution is 7.78. The molecule has 0 bridgehead atoms. The average molecular weight is 497 g/mol. The van der Waals surface area contributed by atoms with Crippen LogP contribution in [0.3, 0.4) is 0 Å². The maximum absolute atomic E-state index is 15.4. The Kier molecular flexibility index (Phi) is 6.03. The normalized spacial score (nSPS) is 11.7. The zero-order valence-electron chi connectivity index (χ0n) is 21.2. The van der Waals surface area contributed by atoms with Gasteiger partial charge in [-0.2, -0.15) is 0 Å². The Morgan fingerprint density at radius 2 is 1.03 bits per heavy atom. The summed E-state index contributed by atoms with van der Waals surface area (Å²) in [5, 5.41) is 6.69. The van der Waals surface area contributed by atoms with Crippen LogP contribution in [0.5, 0.6) is 0 Å². The summed E-state index contributed by atoms with van der Waals surface area (Å²) in [6.45, 7) is 4.15. The van der Waals surface area contributed by atoms with Crippen LogP contribution >= 0.6 is 7.14 Å². The third kappa shape index (κ3) is 4.10. The molecule has 0 atom stereocenters. The molecule has 0 aliphatic heterocycles. The van der Waals surface area contributed by atoms with Gasteiger partial charge in [0.15, 0.2) is 0 Å². The topological polar surface area (TPSA) is 17.1 Å². The van der Waals surface area contributed by atoms with Crippen molar-refractivity contribution in [3.8, 4) is 11.1 Å². The van der Waals surface area contributed by atoms with Crippen molar-refractivity contribution in [2.24, 2.45) is 0 Å². The second kappa shape index (κ2) is 9.51. The van der Waals surface area contributed by atoms with Gasteiger partial charge in [0.05, 0.1) is 0 Å². The Balaban J connectivity index is 1.66. The monoisotopic (exact) mass is 496 g/mol. The minimum atomic E-state index is -3.01. The lowest BCUT2D eigenvalue weighted by Crippen LogP contribution is -2.22. The van der Waals surface area contributed by atoms with Crippen LogP contribution in [-0.2, 0) is 10.7 Å². The summed E-state index contributed by atoms with van der Waals surface area (Å²) in [5.41, 5.74) is 5.62. The van der Waals surface area contributed by atoms with E-state index in [1.165, 1.54) is 32.7 Å². The first-order chi connectivity index (χ1) is 18.1. The van der Waals surface area contributed by atoms with Crippen LogP contribution in [0.25, 0.3) is 32.7 Å². The zero-order valence-corrected chi connectivity index (χ0v) is 22.1. The average Bonchev–Trinajstić information content (AvgIpc) is 2.93. The molecule has 0 aliphatic carbocycles. The van der Waals surface area contributed by atoms with Crippen molar-refractivity contribution < 1.29 is 4.57 Å². The molecule has 6 aromatic rings. The minimum absolute atomic E-state index is 0.464. The van der Waals surface area contributed by atoms with Crippen LogP contribution in [0, 0.1) is 13.8 Å². The molecule has 6 rings (SSSR count). The molecular formula is C35H29OP. The molecule has 0 radical (unpaired) electrons. The van der Waals surface area contributed by atoms with Crippen molar-refractivity contribution in [1.82, 2.24) is 0 Å². The molecule has 0 spiro atoms. The molecule has 0 heterocycles. The van der Waals surface area contributed by atoms with Gasteiger partial charge in [-0.3, -0.25) is 0 Å². The first-order valence-corrected chi connectivity index (χ1v) is 14.7. The molecule has 0 amide bonds. The molecule has 0 unspecified atom stereocenters. The smallest absolute Gasteiger partial charge is 0.147 e. The quantitative estimate of drug-likeness (QED) is 0.218. The fourth-order valence-corrected chi connectivity index (χ4v) is 8.97. The van der Waals surface area contributed by atoms with Crippen LogP contribution in [0.2, 0.25) is 0 Å². The second-order valence-corrected chi connectivity index (χ2v) is 12.6. The van der Waals surface area contributed by atoms with Crippen molar-refractivity contribution in [2.75, 3.05) is 0 Å². The Morgan fingerprint density at radius 3 is 1.68 bits per heavy atom. The third-order valence-electron chi connectivity index (χ3n) is 7.48. The van der Waals surface area contributed by atoms with E-state index in [0.717, 1.165) is 27.3 Å². The van der Waals surface area contributed by atoms with Crippen molar-refractivity contribution >= 4 is 39.3 Å². The predicted octanol–water partition coefficient (Wildman–Crippen LogP) is 8.79. The molecule has 0 saturated carbocycles. The fourth-order valence-electron chi connectivity index (χ4n) is 5.69. The van der Waals surface area contributed by atoms with E-state index in [-0.39, 0.29) is 0 Å². The van der Waals surface area contributed by atoms with Gasteiger partial charge >= 0.3 is 0 Å². The lowest BCUT2D eigenvalue weighted by molar-refractivity contribution is 0.586. The van der Waals surface area contributed by atoms with Gasteiger partial charge in [-0.05, 0) is 63.2 Å². The molecule has 6 aromatic carbocycles. The van der Waals surface area contributed by atoms with Crippen LogP contribution in [0.1, 0.15) is 16.7 Å². The van der Waals surface area contributed by atoms with E-state index in [1.807, 2.05) is 24.3 Å². The predicted molar refractivity (Wildman–Crippen MR) is 160 cm³/mol. The number of fused-ring (bicyclic) bond motifs is 2. The third-order valence-corrected chi connectivity index (χ3v) is 10.8. The maximum Gasteiger partial charge on any atom is 0.147 e. The largest absolute Gasteiger partial charge is 0.313 e. The molecule has 0 N–H and O–H groups in total. The summed E-state index contributed by atoms with van der Waals surface area (Å²) >= 11 is 0. The summed E-state index contributed by atoms with van der Waals surface area (Å²) in [5.74, 6) is 0. The van der Waals surface area contributed by atoms with Gasteiger partial charge < -0.3 is 4.57 Å². The SMILES string of the molecule is Cc1ccccc1P(=O)(Cc1ccc2ccccc2c1-c1cccc2ccccc12)c1ccccc1C. The van der Waals surface area contributed by atoms with Gasteiger partial charge in [0, 0.05) is 16.8 Å². The summed E-state index contributed by atoms with van der Waals surface area (Å²) in [6.07, 6.45) is 0.464. The van der Waals surface area contributed by atoms with E-state index in [0.29, 0.717) is 6.16 Å². The van der Waals surface area contributed by atoms with E-state index < -0.39 is 7.14 Å². The zero-order chi connectivity index (χ0) is 25.4. The van der Waals surface area contributed by atoms with E-state index in [4.69, 9.17) is 0 Å². The van der Waals surface area contributed by atoms with Crippen LogP contribution < -0.4 is 10.6 Å². The molecule has 2 heteroatoms. The molecule has 0 fully saturated rings. The van der Waals surface area contributed by atoms with Crippen molar-refractivity contribution in [3.63, 3.8) is 0 Å². The van der Waals surface area contributed by atoms with Gasteiger partial charge in [0.1, 0.15) is 7.14 Å². The summed E-state index contributed by atoms with van der Waals surface area (Å²) in [4.78, 5) is 0. The maximum atomic E-state index is 15.4. The standard InChI is InChI=1S/C35H29OP/c1-25-12-3-9-20-33(25)37(36,34-21-10-4-13-26(34)2)24-29-23-22-28-15-6-8-18-31(28)35(29)32-19-11-16-27-14-5-7-17-30(27)32/h3-23H,24H2,1-2H3. The Morgan fingerprint density at radius 1 is 0.514 bits per heavy atom. The molecule has 37 heavy (non-hydrogen) atoms. The molecule has 0 saturated heterocycles. The highest BCUT2D eigenvalue weighted by Crippen LogP contribution is 2.51. The number of rotatable bonds is 5. The van der Waals surface area contributed by atoms with Crippen LogP contribution in [0.15, 0.2) is 127 Å². The first-order valence-electron chi connectivity index (χ1n) is 12.8. The van der Waals surface area contributed by atoms with E-state index in [1.54, 1.807) is 0 Å². The molecule has 0 aromatic heterocycles. The highest BCUT2D eigenvalue weighted by atomic mass is 31.2. The summed E-state index contributed by atoms with van der Waals surface area (Å²) in [6, 6.07) is 44.3. The van der Waals surface area contributed by atoms with Crippen molar-refractivity contribution in [3.05, 3.63) is 144 Å². The summed E-state index contributed by atoms with van der Waals surface area (Å²) < 4.78 is 15.4. The van der Waals surface area contributed by atoms with Crippen LogP contribution in [0.4, 0.5) is 0 Å². The van der Waals surface area contributed by atoms with Crippen molar-refractivity contribution in [2.45, 2.75) is 20.0 Å². The summed E-state index contributed by atoms with van der Waals surface area (Å²) in [7, 11) is -3.01. The fraction of sp³-hybridized carbons (Fsp3) is 0.0857. The second-order valence-electron chi connectivity index (χ2n) is 9.82. The molecular weight excluding hydrogens is 467 g/mol. The van der Waals surface area contributed by atoms with Gasteiger partial charge in [0.2, 0.25) is 0 Å². The number of hydrogen-bond acceptors (Lipinski definition) is 1. The Bertz CT molecular complexity index is 1760. The highest BCUT2D eigenvalue weighted by Gasteiger charge is 2.32. The van der Waals surface area contributed by atoms with E-state index >= 15 is 4.57 Å². The van der Waals surface area contributed by atoms with Gasteiger partial charge in [-0.1, -0.05) is 127 Å². The Labute approximate surface area is 218 Å². The Hall–Kier alpha value is -3.93. The number of benzene rings is 6. The van der Waals surface area contributed by atoms with Crippen LogP contribution in [-0.4, -0.2) is 0 Å². The van der Waals surface area contributed by atoms with E-state index in [2.05, 4.69) is 117 Å². The van der Waals surface area contributed by atoms with Gasteiger partial charge in [-0.15, -0.1) is 0 Å². The molecule has 1 nitrogen and oxygen atoms in total. The lowest BCUT2D eigenvalue weighted by Gasteiger charge is -2.25. The lowest BCUT2D eigenvalue weighted by atomic mass is 9.91. The molecule has 180 valence electrons. The van der Waals surface area contributed by atoms with Crippen molar-refractivity contribution in [1.29, 1.82) is 0 Å². The van der Waals surface area contributed by atoms with E-state index in [9.17, 15) is 0 Å².